The molecule has 0 radical (unpaired) electrons. The Morgan fingerprint density at radius 1 is 1.11 bits per heavy atom. The van der Waals surface area contributed by atoms with E-state index in [0.29, 0.717) is 26.1 Å². The normalized spacial score (nSPS) is 28.3. The number of rotatable bonds is 3. The van der Waals surface area contributed by atoms with Crippen molar-refractivity contribution in [3.05, 3.63) is 47.0 Å². The number of likely N-dealkylation sites (tertiary alicyclic amines) is 1. The Hall–Kier alpha value is -1.98. The van der Waals surface area contributed by atoms with E-state index in [2.05, 4.69) is 17.0 Å². The van der Waals surface area contributed by atoms with Gasteiger partial charge in [0.25, 0.3) is 5.91 Å². The molecule has 1 N–H and O–H groups in total. The van der Waals surface area contributed by atoms with E-state index in [4.69, 9.17) is 0 Å². The van der Waals surface area contributed by atoms with Crippen LogP contribution in [0.25, 0.3) is 10.8 Å². The second-order valence-corrected chi connectivity index (χ2v) is 8.58. The molecular formula is C23H27FN2O2. The Kier molecular flexibility index (Phi) is 4.60. The maximum Gasteiger partial charge on any atom is 0.254 e. The predicted octanol–water partition coefficient (Wildman–Crippen LogP) is 3.64. The number of carbonyl (C=O) groups is 1. The smallest absolute Gasteiger partial charge is 0.254 e. The van der Waals surface area contributed by atoms with Crippen molar-refractivity contribution in [1.29, 1.82) is 0 Å². The molecule has 0 aromatic heterocycles. The summed E-state index contributed by atoms with van der Waals surface area (Å²) in [4.78, 5) is 17.3. The Balaban J connectivity index is 1.52. The molecule has 3 aliphatic rings. The number of hydrogen-bond acceptors (Lipinski definition) is 3. The minimum Gasteiger partial charge on any atom is -0.391 e. The summed E-state index contributed by atoms with van der Waals surface area (Å²) in [5.41, 5.74) is 2.94. The van der Waals surface area contributed by atoms with Crippen LogP contribution in [0.1, 0.15) is 53.6 Å². The van der Waals surface area contributed by atoms with Gasteiger partial charge in [-0.05, 0) is 47.2 Å². The second kappa shape index (κ2) is 7.12. The monoisotopic (exact) mass is 382 g/mol. The van der Waals surface area contributed by atoms with Crippen molar-refractivity contribution in [2.75, 3.05) is 13.1 Å². The van der Waals surface area contributed by atoms with Gasteiger partial charge in [0.05, 0.1) is 12.1 Å². The summed E-state index contributed by atoms with van der Waals surface area (Å²) in [6.45, 7) is 2.49. The standard InChI is InChI=1S/C23H27FN2O2/c24-16-9-10-25(13-16)12-15-11-19-20(18-6-2-1-5-17(15)18)14-26(23(19)28)21-7-3-4-8-22(21)27/h1-2,5-6,11,16,21-22,27H,3-4,7-10,12-14H2/t16-,21?,22?/m0/s1. The number of hydrogen-bond donors (Lipinski definition) is 1. The third kappa shape index (κ3) is 3.01. The maximum absolute atomic E-state index is 13.6. The molecule has 0 spiro atoms. The highest BCUT2D eigenvalue weighted by atomic mass is 19.1. The lowest BCUT2D eigenvalue weighted by atomic mass is 9.91. The van der Waals surface area contributed by atoms with Gasteiger partial charge in [0, 0.05) is 31.7 Å². The van der Waals surface area contributed by atoms with Gasteiger partial charge in [0.2, 0.25) is 0 Å². The highest BCUT2D eigenvalue weighted by Gasteiger charge is 2.38. The van der Waals surface area contributed by atoms with E-state index in [1.165, 1.54) is 0 Å². The first-order valence-electron chi connectivity index (χ1n) is 10.5. The van der Waals surface area contributed by atoms with Gasteiger partial charge in [0.15, 0.2) is 0 Å². The summed E-state index contributed by atoms with van der Waals surface area (Å²) in [5.74, 6) is 0.0396. The number of nitrogens with zero attached hydrogens (tertiary/aromatic N) is 2. The third-order valence-electron chi connectivity index (χ3n) is 6.76. The number of halogens is 1. The molecule has 0 bridgehead atoms. The van der Waals surface area contributed by atoms with Crippen molar-refractivity contribution < 1.29 is 14.3 Å². The molecule has 2 fully saturated rings. The first-order valence-corrected chi connectivity index (χ1v) is 10.5. The van der Waals surface area contributed by atoms with E-state index >= 15 is 0 Å². The van der Waals surface area contributed by atoms with E-state index < -0.39 is 12.3 Å². The number of alkyl halides is 1. The highest BCUT2D eigenvalue weighted by Crippen LogP contribution is 2.37. The van der Waals surface area contributed by atoms with Crippen LogP contribution in [0.4, 0.5) is 4.39 Å². The number of amides is 1. The molecule has 5 rings (SSSR count). The van der Waals surface area contributed by atoms with E-state index in [1.54, 1.807) is 0 Å². The second-order valence-electron chi connectivity index (χ2n) is 8.58. The van der Waals surface area contributed by atoms with E-state index in [-0.39, 0.29) is 11.9 Å². The Morgan fingerprint density at radius 2 is 1.89 bits per heavy atom. The molecule has 148 valence electrons. The molecule has 2 aliphatic heterocycles. The van der Waals surface area contributed by atoms with Gasteiger partial charge in [-0.2, -0.15) is 0 Å². The zero-order valence-electron chi connectivity index (χ0n) is 16.1. The molecular weight excluding hydrogens is 355 g/mol. The van der Waals surface area contributed by atoms with Crippen LogP contribution in [0, 0.1) is 0 Å². The zero-order chi connectivity index (χ0) is 19.3. The molecule has 1 saturated heterocycles. The summed E-state index contributed by atoms with van der Waals surface area (Å²) in [5, 5.41) is 12.7. The fourth-order valence-corrected chi connectivity index (χ4v) is 5.29. The molecule has 2 unspecified atom stereocenters. The quantitative estimate of drug-likeness (QED) is 0.881. The molecule has 3 atom stereocenters. The SMILES string of the molecule is O=C1c2cc(CN3CC[C@H](F)C3)c3ccccc3c2CN1C1CCCCC1O. The number of aliphatic hydroxyl groups excluding tert-OH is 1. The third-order valence-corrected chi connectivity index (χ3v) is 6.76. The number of aliphatic hydroxyl groups is 1. The summed E-state index contributed by atoms with van der Waals surface area (Å²) in [6, 6.07) is 10.2. The maximum atomic E-state index is 13.6. The average molecular weight is 382 g/mol. The van der Waals surface area contributed by atoms with Crippen molar-refractivity contribution in [2.24, 2.45) is 0 Å². The van der Waals surface area contributed by atoms with Crippen molar-refractivity contribution in [1.82, 2.24) is 9.80 Å². The van der Waals surface area contributed by atoms with Crippen LogP contribution in [0.15, 0.2) is 30.3 Å². The van der Waals surface area contributed by atoms with Crippen LogP contribution in [-0.2, 0) is 13.1 Å². The lowest BCUT2D eigenvalue weighted by Crippen LogP contribution is -2.45. The van der Waals surface area contributed by atoms with E-state index in [0.717, 1.165) is 59.7 Å². The molecule has 2 aromatic rings. The minimum atomic E-state index is -0.745. The average Bonchev–Trinajstić information content (AvgIpc) is 3.26. The Labute approximate surface area is 164 Å². The van der Waals surface area contributed by atoms with Crippen molar-refractivity contribution >= 4 is 16.7 Å². The summed E-state index contributed by atoms with van der Waals surface area (Å²) >= 11 is 0. The van der Waals surface area contributed by atoms with Crippen molar-refractivity contribution in [3.63, 3.8) is 0 Å². The fraction of sp³-hybridized carbons (Fsp3) is 0.522. The van der Waals surface area contributed by atoms with E-state index in [1.807, 2.05) is 23.1 Å². The molecule has 2 heterocycles. The molecule has 1 aliphatic carbocycles. The fourth-order valence-electron chi connectivity index (χ4n) is 5.29. The van der Waals surface area contributed by atoms with Gasteiger partial charge in [0.1, 0.15) is 6.17 Å². The molecule has 2 aromatic carbocycles. The largest absolute Gasteiger partial charge is 0.391 e. The van der Waals surface area contributed by atoms with Gasteiger partial charge in [-0.3, -0.25) is 9.69 Å². The molecule has 5 heteroatoms. The summed E-state index contributed by atoms with van der Waals surface area (Å²) in [7, 11) is 0. The lowest BCUT2D eigenvalue weighted by Gasteiger charge is -2.35. The Bertz CT molecular complexity index is 915. The Morgan fingerprint density at radius 3 is 2.64 bits per heavy atom. The minimum absolute atomic E-state index is 0.0396. The van der Waals surface area contributed by atoms with Crippen molar-refractivity contribution in [3.8, 4) is 0 Å². The summed E-state index contributed by atoms with van der Waals surface area (Å²) < 4.78 is 13.6. The van der Waals surface area contributed by atoms with Gasteiger partial charge in [-0.25, -0.2) is 4.39 Å². The van der Waals surface area contributed by atoms with Gasteiger partial charge < -0.3 is 10.0 Å². The van der Waals surface area contributed by atoms with E-state index in [9.17, 15) is 14.3 Å². The zero-order valence-corrected chi connectivity index (χ0v) is 16.1. The van der Waals surface area contributed by atoms with Gasteiger partial charge >= 0.3 is 0 Å². The van der Waals surface area contributed by atoms with Crippen LogP contribution in [-0.4, -0.2) is 52.2 Å². The molecule has 28 heavy (non-hydrogen) atoms. The first-order chi connectivity index (χ1) is 13.6. The molecule has 1 amide bonds. The van der Waals surface area contributed by atoms with Crippen LogP contribution < -0.4 is 0 Å². The number of fused-ring (bicyclic) bond motifs is 3. The van der Waals surface area contributed by atoms with Crippen molar-refractivity contribution in [2.45, 2.75) is 63.5 Å². The van der Waals surface area contributed by atoms with Gasteiger partial charge in [-0.1, -0.05) is 37.1 Å². The highest BCUT2D eigenvalue weighted by molar-refractivity contribution is 6.05. The van der Waals surface area contributed by atoms with Crippen LogP contribution in [0.3, 0.4) is 0 Å². The predicted molar refractivity (Wildman–Crippen MR) is 107 cm³/mol. The lowest BCUT2D eigenvalue weighted by molar-refractivity contribution is 0.0192. The summed E-state index contributed by atoms with van der Waals surface area (Å²) in [6.07, 6.45) is 3.16. The van der Waals surface area contributed by atoms with Crippen LogP contribution in [0.5, 0.6) is 0 Å². The molecule has 4 nitrogen and oxygen atoms in total. The van der Waals surface area contributed by atoms with Crippen LogP contribution in [0.2, 0.25) is 0 Å². The topological polar surface area (TPSA) is 43.8 Å². The number of benzene rings is 2. The molecule has 1 saturated carbocycles. The number of carbonyl (C=O) groups excluding carboxylic acids is 1. The van der Waals surface area contributed by atoms with Crippen LogP contribution >= 0.6 is 0 Å². The first kappa shape index (κ1) is 18.1. The van der Waals surface area contributed by atoms with Gasteiger partial charge in [-0.15, -0.1) is 0 Å².